The van der Waals surface area contributed by atoms with Crippen LogP contribution in [-0.4, -0.2) is 19.2 Å². The second-order valence-corrected chi connectivity index (χ2v) is 5.30. The van der Waals surface area contributed by atoms with Crippen molar-refractivity contribution < 1.29 is 10.1 Å². The molecule has 0 bridgehead atoms. The molecular weight excluding hydrogens is 269 g/mol. The Kier molecular flexibility index (Phi) is 7.48. The molecule has 0 aliphatic heterocycles. The molecule has 102 valence electrons. The standard InChI is InChI=1S/C14H21Cl2NO/c1-3-11(2)17-9-4-5-10-18-13-8-6-7-12(15)14(13)16/h6-8,11,17H,3-5,9-10H2,1-2H3/p+1/t11-/m1/s1. The van der Waals surface area contributed by atoms with Gasteiger partial charge in [-0.25, -0.2) is 0 Å². The third kappa shape index (κ3) is 5.47. The Labute approximate surface area is 120 Å². The second-order valence-electron chi connectivity index (χ2n) is 4.52. The fourth-order valence-electron chi connectivity index (χ4n) is 1.59. The molecule has 0 saturated heterocycles. The van der Waals surface area contributed by atoms with E-state index in [9.17, 15) is 0 Å². The molecule has 1 aromatic carbocycles. The quantitative estimate of drug-likeness (QED) is 0.729. The molecule has 4 heteroatoms. The van der Waals surface area contributed by atoms with Gasteiger partial charge in [0.25, 0.3) is 0 Å². The summed E-state index contributed by atoms with van der Waals surface area (Å²) in [5, 5.41) is 3.43. The van der Waals surface area contributed by atoms with E-state index in [1.165, 1.54) is 6.42 Å². The average Bonchev–Trinajstić information content (AvgIpc) is 2.38. The molecule has 0 heterocycles. The summed E-state index contributed by atoms with van der Waals surface area (Å²) in [6.07, 6.45) is 3.41. The third-order valence-electron chi connectivity index (χ3n) is 2.99. The fraction of sp³-hybridized carbons (Fsp3) is 0.571. The lowest BCUT2D eigenvalue weighted by Crippen LogP contribution is -2.89. The van der Waals surface area contributed by atoms with E-state index in [0.717, 1.165) is 19.4 Å². The molecule has 0 aromatic heterocycles. The van der Waals surface area contributed by atoms with Gasteiger partial charge in [0, 0.05) is 0 Å². The summed E-state index contributed by atoms with van der Waals surface area (Å²) >= 11 is 11.9. The minimum atomic E-state index is 0.505. The van der Waals surface area contributed by atoms with E-state index in [-0.39, 0.29) is 0 Å². The predicted molar refractivity (Wildman–Crippen MR) is 77.7 cm³/mol. The number of ether oxygens (including phenoxy) is 1. The first kappa shape index (κ1) is 15.6. The predicted octanol–water partition coefficient (Wildman–Crippen LogP) is 3.51. The van der Waals surface area contributed by atoms with Crippen molar-refractivity contribution >= 4 is 23.2 Å². The zero-order valence-corrected chi connectivity index (χ0v) is 12.6. The molecule has 0 saturated carbocycles. The maximum Gasteiger partial charge on any atom is 0.139 e. The van der Waals surface area contributed by atoms with Crippen LogP contribution in [0.25, 0.3) is 0 Å². The summed E-state index contributed by atoms with van der Waals surface area (Å²) in [7, 11) is 0. The van der Waals surface area contributed by atoms with Crippen LogP contribution in [0, 0.1) is 0 Å². The smallest absolute Gasteiger partial charge is 0.139 e. The first-order valence-electron chi connectivity index (χ1n) is 6.55. The Morgan fingerprint density at radius 2 is 2.06 bits per heavy atom. The summed E-state index contributed by atoms with van der Waals surface area (Å²) in [5.41, 5.74) is 0. The molecule has 2 N–H and O–H groups in total. The zero-order chi connectivity index (χ0) is 13.4. The monoisotopic (exact) mass is 290 g/mol. The van der Waals surface area contributed by atoms with E-state index < -0.39 is 0 Å². The van der Waals surface area contributed by atoms with Crippen LogP contribution < -0.4 is 10.1 Å². The summed E-state index contributed by atoms with van der Waals surface area (Å²) in [6, 6.07) is 6.17. The van der Waals surface area contributed by atoms with Crippen LogP contribution in [0.3, 0.4) is 0 Å². The number of hydrogen-bond acceptors (Lipinski definition) is 1. The highest BCUT2D eigenvalue weighted by Gasteiger charge is 2.05. The van der Waals surface area contributed by atoms with Crippen molar-refractivity contribution in [3.05, 3.63) is 28.2 Å². The number of quaternary nitrogens is 1. The van der Waals surface area contributed by atoms with Crippen molar-refractivity contribution in [3.8, 4) is 5.75 Å². The van der Waals surface area contributed by atoms with Gasteiger partial charge in [0.15, 0.2) is 0 Å². The van der Waals surface area contributed by atoms with E-state index in [1.807, 2.05) is 12.1 Å². The van der Waals surface area contributed by atoms with Gasteiger partial charge in [-0.3, -0.25) is 0 Å². The van der Waals surface area contributed by atoms with Crippen molar-refractivity contribution in [2.24, 2.45) is 0 Å². The van der Waals surface area contributed by atoms with Crippen LogP contribution in [0.1, 0.15) is 33.1 Å². The van der Waals surface area contributed by atoms with Gasteiger partial charge in [0.05, 0.1) is 24.2 Å². The van der Waals surface area contributed by atoms with Crippen molar-refractivity contribution in [1.82, 2.24) is 0 Å². The molecular formula is C14H22Cl2NO+. The van der Waals surface area contributed by atoms with Gasteiger partial charge in [-0.2, -0.15) is 0 Å². The number of rotatable bonds is 8. The second kappa shape index (κ2) is 8.63. The third-order valence-corrected chi connectivity index (χ3v) is 3.79. The molecule has 0 aliphatic carbocycles. The number of unbranched alkanes of at least 4 members (excludes halogenated alkanes) is 1. The molecule has 0 aliphatic rings. The van der Waals surface area contributed by atoms with E-state index in [2.05, 4.69) is 19.2 Å². The van der Waals surface area contributed by atoms with Crippen LogP contribution >= 0.6 is 23.2 Å². The van der Waals surface area contributed by atoms with Gasteiger partial charge in [-0.05, 0) is 38.3 Å². The summed E-state index contributed by atoms with van der Waals surface area (Å²) < 4.78 is 5.62. The highest BCUT2D eigenvalue weighted by atomic mass is 35.5. The van der Waals surface area contributed by atoms with Gasteiger partial charge in [0.1, 0.15) is 10.8 Å². The lowest BCUT2D eigenvalue weighted by Gasteiger charge is -2.10. The first-order chi connectivity index (χ1) is 8.65. The molecule has 0 radical (unpaired) electrons. The van der Waals surface area contributed by atoms with Crippen LogP contribution in [0.15, 0.2) is 18.2 Å². The lowest BCUT2D eigenvalue weighted by molar-refractivity contribution is -0.686. The molecule has 0 unspecified atom stereocenters. The minimum Gasteiger partial charge on any atom is -0.492 e. The van der Waals surface area contributed by atoms with Gasteiger partial charge in [0.2, 0.25) is 0 Å². The van der Waals surface area contributed by atoms with E-state index >= 15 is 0 Å². The van der Waals surface area contributed by atoms with Gasteiger partial charge >= 0.3 is 0 Å². The largest absolute Gasteiger partial charge is 0.492 e. The number of halogens is 2. The van der Waals surface area contributed by atoms with Crippen molar-refractivity contribution in [2.75, 3.05) is 13.2 Å². The summed E-state index contributed by atoms with van der Waals surface area (Å²) in [6.45, 7) is 6.31. The van der Waals surface area contributed by atoms with Gasteiger partial charge < -0.3 is 10.1 Å². The molecule has 2 nitrogen and oxygen atoms in total. The zero-order valence-electron chi connectivity index (χ0n) is 11.1. The minimum absolute atomic E-state index is 0.505. The maximum atomic E-state index is 6.03. The van der Waals surface area contributed by atoms with E-state index in [0.29, 0.717) is 28.4 Å². The topological polar surface area (TPSA) is 25.8 Å². The first-order valence-corrected chi connectivity index (χ1v) is 7.30. The Bertz CT molecular complexity index is 358. The Hall–Kier alpha value is -0.440. The number of nitrogens with two attached hydrogens (primary N) is 1. The van der Waals surface area contributed by atoms with Crippen LogP contribution in [0.2, 0.25) is 10.0 Å². The summed E-state index contributed by atoms with van der Waals surface area (Å²) in [4.78, 5) is 0. The molecule has 1 atom stereocenters. The van der Waals surface area contributed by atoms with Crippen molar-refractivity contribution in [2.45, 2.75) is 39.2 Å². The molecule has 18 heavy (non-hydrogen) atoms. The molecule has 1 aromatic rings. The molecule has 0 amide bonds. The summed E-state index contributed by atoms with van der Waals surface area (Å²) in [5.74, 6) is 0.676. The Morgan fingerprint density at radius 3 is 2.78 bits per heavy atom. The van der Waals surface area contributed by atoms with E-state index in [4.69, 9.17) is 27.9 Å². The maximum absolute atomic E-state index is 6.03. The Morgan fingerprint density at radius 1 is 1.28 bits per heavy atom. The number of hydrogen-bond donors (Lipinski definition) is 1. The highest BCUT2D eigenvalue weighted by molar-refractivity contribution is 6.42. The normalized spacial score (nSPS) is 12.4. The van der Waals surface area contributed by atoms with Gasteiger partial charge in [-0.15, -0.1) is 0 Å². The van der Waals surface area contributed by atoms with Crippen LogP contribution in [0.4, 0.5) is 0 Å². The van der Waals surface area contributed by atoms with Crippen molar-refractivity contribution in [1.29, 1.82) is 0 Å². The van der Waals surface area contributed by atoms with Crippen LogP contribution in [-0.2, 0) is 0 Å². The molecule has 0 fully saturated rings. The SMILES string of the molecule is CC[C@@H](C)[NH2+]CCCCOc1cccc(Cl)c1Cl. The highest BCUT2D eigenvalue weighted by Crippen LogP contribution is 2.31. The number of benzene rings is 1. The fourth-order valence-corrected chi connectivity index (χ4v) is 1.94. The average molecular weight is 291 g/mol. The van der Waals surface area contributed by atoms with E-state index in [1.54, 1.807) is 6.07 Å². The Balaban J connectivity index is 2.16. The van der Waals surface area contributed by atoms with Crippen LogP contribution in [0.5, 0.6) is 5.75 Å². The van der Waals surface area contributed by atoms with Gasteiger partial charge in [-0.1, -0.05) is 36.2 Å². The molecule has 0 spiro atoms. The van der Waals surface area contributed by atoms with Crippen molar-refractivity contribution in [3.63, 3.8) is 0 Å². The lowest BCUT2D eigenvalue weighted by atomic mass is 10.2. The molecule has 1 rings (SSSR count).